The fourth-order valence-corrected chi connectivity index (χ4v) is 3.24. The molecule has 1 aromatic carbocycles. The minimum atomic E-state index is 0.256. The van der Waals surface area contributed by atoms with E-state index in [1.807, 2.05) is 26.8 Å². The number of piperidine rings is 1. The second-order valence-corrected chi connectivity index (χ2v) is 6.10. The number of carbonyl (C=O) groups excluding carboxylic acids is 1. The van der Waals surface area contributed by atoms with E-state index in [1.54, 1.807) is 7.11 Å². The lowest BCUT2D eigenvalue weighted by atomic mass is 9.94. The minimum Gasteiger partial charge on any atom is -0.496 e. The monoisotopic (exact) mass is 289 g/mol. The molecule has 0 bridgehead atoms. The molecule has 0 spiro atoms. The fourth-order valence-electron chi connectivity index (χ4n) is 3.24. The molecule has 2 rings (SSSR count). The molecule has 0 aliphatic carbocycles. The molecule has 1 aliphatic heterocycles. The summed E-state index contributed by atoms with van der Waals surface area (Å²) in [5, 5.41) is 0. The Morgan fingerprint density at radius 2 is 1.81 bits per heavy atom. The lowest BCUT2D eigenvalue weighted by Gasteiger charge is -2.26. The Kier molecular flexibility index (Phi) is 5.40. The first-order valence-electron chi connectivity index (χ1n) is 7.95. The second kappa shape index (κ2) is 7.08. The molecule has 0 atom stereocenters. The molecule has 0 aromatic heterocycles. The van der Waals surface area contributed by atoms with Gasteiger partial charge in [0.1, 0.15) is 5.75 Å². The van der Waals surface area contributed by atoms with Gasteiger partial charge < -0.3 is 9.64 Å². The van der Waals surface area contributed by atoms with Gasteiger partial charge in [-0.2, -0.15) is 0 Å². The fraction of sp³-hybridized carbons (Fsp3) is 0.611. The van der Waals surface area contributed by atoms with E-state index in [9.17, 15) is 4.79 Å². The van der Waals surface area contributed by atoms with E-state index in [4.69, 9.17) is 4.74 Å². The smallest absolute Gasteiger partial charge is 0.164 e. The molecule has 0 unspecified atom stereocenters. The third-order valence-electron chi connectivity index (χ3n) is 4.63. The van der Waals surface area contributed by atoms with Gasteiger partial charge in [-0.15, -0.1) is 0 Å². The zero-order chi connectivity index (χ0) is 15.4. The van der Waals surface area contributed by atoms with Crippen molar-refractivity contribution in [3.8, 4) is 5.75 Å². The summed E-state index contributed by atoms with van der Waals surface area (Å²) in [5.41, 5.74) is 4.05. The van der Waals surface area contributed by atoms with Gasteiger partial charge in [0.2, 0.25) is 0 Å². The topological polar surface area (TPSA) is 29.5 Å². The number of ketones is 1. The number of likely N-dealkylation sites (tertiary alicyclic amines) is 1. The SMILES string of the molecule is COc1c(C)cc(C(=O)CCN2CCCCC2)c(C)c1C. The first-order chi connectivity index (χ1) is 10.0. The van der Waals surface area contributed by atoms with Crippen LogP contribution in [-0.4, -0.2) is 37.4 Å². The van der Waals surface area contributed by atoms with E-state index in [1.165, 1.54) is 19.3 Å². The van der Waals surface area contributed by atoms with Gasteiger partial charge in [0.15, 0.2) is 5.78 Å². The van der Waals surface area contributed by atoms with Gasteiger partial charge in [0, 0.05) is 18.5 Å². The molecule has 3 nitrogen and oxygen atoms in total. The number of hydrogen-bond donors (Lipinski definition) is 0. The molecule has 21 heavy (non-hydrogen) atoms. The molecular formula is C18H27NO2. The summed E-state index contributed by atoms with van der Waals surface area (Å²) >= 11 is 0. The lowest BCUT2D eigenvalue weighted by molar-refractivity contribution is 0.0958. The van der Waals surface area contributed by atoms with Gasteiger partial charge in [-0.3, -0.25) is 4.79 Å². The van der Waals surface area contributed by atoms with Gasteiger partial charge in [-0.05, 0) is 69.5 Å². The highest BCUT2D eigenvalue weighted by Crippen LogP contribution is 2.29. The number of carbonyl (C=O) groups is 1. The van der Waals surface area contributed by atoms with Gasteiger partial charge in [0.25, 0.3) is 0 Å². The van der Waals surface area contributed by atoms with Gasteiger partial charge in [0.05, 0.1) is 7.11 Å². The van der Waals surface area contributed by atoms with Crippen molar-refractivity contribution < 1.29 is 9.53 Å². The van der Waals surface area contributed by atoms with E-state index < -0.39 is 0 Å². The number of aryl methyl sites for hydroxylation is 1. The highest BCUT2D eigenvalue weighted by Gasteiger charge is 2.17. The van der Waals surface area contributed by atoms with Crippen molar-refractivity contribution in [3.05, 3.63) is 28.3 Å². The maximum Gasteiger partial charge on any atom is 0.164 e. The van der Waals surface area contributed by atoms with Crippen LogP contribution in [-0.2, 0) is 0 Å². The number of benzene rings is 1. The van der Waals surface area contributed by atoms with Crippen LogP contribution in [0.1, 0.15) is 52.7 Å². The maximum atomic E-state index is 12.5. The standard InChI is InChI=1S/C18H27NO2/c1-13-12-16(14(2)15(3)18(13)21-4)17(20)8-11-19-9-6-5-7-10-19/h12H,5-11H2,1-4H3. The van der Waals surface area contributed by atoms with Gasteiger partial charge in [-0.1, -0.05) is 6.42 Å². The number of nitrogens with zero attached hydrogens (tertiary/aromatic N) is 1. The Labute approximate surface area is 128 Å². The summed E-state index contributed by atoms with van der Waals surface area (Å²) in [6.07, 6.45) is 4.49. The zero-order valence-corrected chi connectivity index (χ0v) is 13.8. The summed E-state index contributed by atoms with van der Waals surface area (Å²) in [4.78, 5) is 15.0. The van der Waals surface area contributed by atoms with Crippen LogP contribution >= 0.6 is 0 Å². The van der Waals surface area contributed by atoms with Crippen LogP contribution in [0.4, 0.5) is 0 Å². The Bertz CT molecular complexity index is 516. The van der Waals surface area contributed by atoms with E-state index in [2.05, 4.69) is 4.90 Å². The third kappa shape index (κ3) is 3.65. The van der Waals surface area contributed by atoms with Crippen molar-refractivity contribution in [2.24, 2.45) is 0 Å². The number of methoxy groups -OCH3 is 1. The average Bonchev–Trinajstić information content (AvgIpc) is 2.50. The maximum absolute atomic E-state index is 12.5. The van der Waals surface area contributed by atoms with Gasteiger partial charge in [-0.25, -0.2) is 0 Å². The molecular weight excluding hydrogens is 262 g/mol. The molecule has 3 heteroatoms. The zero-order valence-electron chi connectivity index (χ0n) is 13.8. The third-order valence-corrected chi connectivity index (χ3v) is 4.63. The van der Waals surface area contributed by atoms with E-state index >= 15 is 0 Å². The number of hydrogen-bond acceptors (Lipinski definition) is 3. The van der Waals surface area contributed by atoms with E-state index in [-0.39, 0.29) is 5.78 Å². The molecule has 1 saturated heterocycles. The second-order valence-electron chi connectivity index (χ2n) is 6.10. The Balaban J connectivity index is 2.08. The van der Waals surface area contributed by atoms with E-state index in [0.717, 1.165) is 47.6 Å². The number of ether oxygens (including phenoxy) is 1. The summed E-state index contributed by atoms with van der Waals surface area (Å²) in [7, 11) is 1.69. The van der Waals surface area contributed by atoms with Gasteiger partial charge >= 0.3 is 0 Å². The molecule has 1 heterocycles. The van der Waals surface area contributed by atoms with Crippen LogP contribution in [0.3, 0.4) is 0 Å². The molecule has 0 amide bonds. The van der Waals surface area contributed by atoms with Crippen molar-refractivity contribution in [2.45, 2.75) is 46.5 Å². The molecule has 1 fully saturated rings. The predicted molar refractivity (Wildman–Crippen MR) is 86.4 cm³/mol. The van der Waals surface area contributed by atoms with Crippen molar-refractivity contribution in [3.63, 3.8) is 0 Å². The van der Waals surface area contributed by atoms with Crippen LogP contribution in [0, 0.1) is 20.8 Å². The summed E-state index contributed by atoms with van der Waals surface area (Å²) in [6.45, 7) is 9.24. The first-order valence-corrected chi connectivity index (χ1v) is 7.95. The van der Waals surface area contributed by atoms with Crippen LogP contribution in [0.2, 0.25) is 0 Å². The predicted octanol–water partition coefficient (Wildman–Crippen LogP) is 3.68. The minimum absolute atomic E-state index is 0.256. The number of rotatable bonds is 5. The molecule has 1 aromatic rings. The van der Waals surface area contributed by atoms with Crippen molar-refractivity contribution in [2.75, 3.05) is 26.7 Å². The lowest BCUT2D eigenvalue weighted by Crippen LogP contribution is -2.31. The van der Waals surface area contributed by atoms with Crippen molar-refractivity contribution in [1.29, 1.82) is 0 Å². The molecule has 0 radical (unpaired) electrons. The van der Waals surface area contributed by atoms with Crippen LogP contribution < -0.4 is 4.74 Å². The molecule has 0 N–H and O–H groups in total. The average molecular weight is 289 g/mol. The highest BCUT2D eigenvalue weighted by molar-refractivity contribution is 5.98. The van der Waals surface area contributed by atoms with Crippen molar-refractivity contribution >= 4 is 5.78 Å². The van der Waals surface area contributed by atoms with Crippen LogP contribution in [0.15, 0.2) is 6.07 Å². The van der Waals surface area contributed by atoms with E-state index in [0.29, 0.717) is 6.42 Å². The largest absolute Gasteiger partial charge is 0.496 e. The summed E-state index contributed by atoms with van der Waals surface area (Å²) in [5.74, 6) is 1.16. The molecule has 116 valence electrons. The Hall–Kier alpha value is -1.35. The van der Waals surface area contributed by atoms with Crippen molar-refractivity contribution in [1.82, 2.24) is 4.90 Å². The van der Waals surface area contributed by atoms with Crippen LogP contribution in [0.25, 0.3) is 0 Å². The highest BCUT2D eigenvalue weighted by atomic mass is 16.5. The summed E-state index contributed by atoms with van der Waals surface area (Å²) in [6, 6.07) is 1.99. The Morgan fingerprint density at radius 3 is 2.43 bits per heavy atom. The normalized spacial score (nSPS) is 16.0. The Morgan fingerprint density at radius 1 is 1.14 bits per heavy atom. The quantitative estimate of drug-likeness (QED) is 0.774. The summed E-state index contributed by atoms with van der Waals surface area (Å²) < 4.78 is 5.43. The first kappa shape index (κ1) is 16.0. The molecule has 1 aliphatic rings. The molecule has 0 saturated carbocycles. The van der Waals surface area contributed by atoms with Crippen LogP contribution in [0.5, 0.6) is 5.75 Å². The number of Topliss-reactive ketones (excluding diaryl/α,β-unsaturated/α-hetero) is 1.